The second-order valence-electron chi connectivity index (χ2n) is 8.92. The molecule has 0 radical (unpaired) electrons. The first kappa shape index (κ1) is 26.3. The summed E-state index contributed by atoms with van der Waals surface area (Å²) in [6.45, 7) is 2.13. The minimum atomic E-state index is -3.56. The maximum absolute atomic E-state index is 13.6. The van der Waals surface area contributed by atoms with E-state index in [0.717, 1.165) is 24.0 Å². The van der Waals surface area contributed by atoms with Gasteiger partial charge in [-0.25, -0.2) is 13.4 Å². The number of fused-ring (bicyclic) bond motifs is 1. The number of piperidine rings is 1. The summed E-state index contributed by atoms with van der Waals surface area (Å²) in [6, 6.07) is 9.86. The predicted octanol–water partition coefficient (Wildman–Crippen LogP) is 3.70. The summed E-state index contributed by atoms with van der Waals surface area (Å²) in [5.74, 6) is 0.923. The maximum atomic E-state index is 13.6. The van der Waals surface area contributed by atoms with E-state index in [2.05, 4.69) is 0 Å². The van der Waals surface area contributed by atoms with Gasteiger partial charge in [0.1, 0.15) is 0 Å². The minimum Gasteiger partial charge on any atom is -0.493 e. The van der Waals surface area contributed by atoms with Crippen LogP contribution in [0.5, 0.6) is 11.5 Å². The molecule has 36 heavy (non-hydrogen) atoms. The van der Waals surface area contributed by atoms with Crippen molar-refractivity contribution in [3.05, 3.63) is 42.0 Å². The Labute approximate surface area is 216 Å². The summed E-state index contributed by atoms with van der Waals surface area (Å²) in [7, 11) is 3.47. The number of hydrogen-bond acceptors (Lipinski definition) is 8. The number of hydrogen-bond donors (Lipinski definition) is 0. The van der Waals surface area contributed by atoms with Crippen molar-refractivity contribution in [2.24, 2.45) is 0 Å². The fourth-order valence-electron chi connectivity index (χ4n) is 4.12. The molecule has 0 aliphatic carbocycles. The topological polar surface area (TPSA) is 92.3 Å². The van der Waals surface area contributed by atoms with Crippen LogP contribution >= 0.6 is 11.3 Å². The van der Waals surface area contributed by atoms with Gasteiger partial charge in [-0.15, -0.1) is 0 Å². The Hall–Kier alpha value is -2.73. The van der Waals surface area contributed by atoms with Crippen molar-refractivity contribution in [2.45, 2.75) is 24.2 Å². The van der Waals surface area contributed by atoms with Gasteiger partial charge in [0.25, 0.3) is 5.91 Å². The first-order valence-corrected chi connectivity index (χ1v) is 14.1. The normalized spacial score (nSPS) is 14.8. The molecule has 0 unspecified atom stereocenters. The van der Waals surface area contributed by atoms with E-state index in [1.165, 1.54) is 27.8 Å². The van der Waals surface area contributed by atoms with Crippen LogP contribution in [0.2, 0.25) is 0 Å². The first-order valence-electron chi connectivity index (χ1n) is 11.8. The lowest BCUT2D eigenvalue weighted by molar-refractivity contribution is 0.0985. The highest BCUT2D eigenvalue weighted by molar-refractivity contribution is 7.89. The molecule has 0 N–H and O–H groups in total. The summed E-state index contributed by atoms with van der Waals surface area (Å²) in [4.78, 5) is 22.2. The Bertz CT molecular complexity index is 1280. The number of methoxy groups -OCH3 is 2. The van der Waals surface area contributed by atoms with Gasteiger partial charge in [0.2, 0.25) is 10.0 Å². The molecule has 0 bridgehead atoms. The number of amides is 1. The summed E-state index contributed by atoms with van der Waals surface area (Å²) in [6.07, 6.45) is 2.79. The van der Waals surface area contributed by atoms with Gasteiger partial charge in [0.05, 0.1) is 29.3 Å². The summed E-state index contributed by atoms with van der Waals surface area (Å²) in [5, 5.41) is 0.553. The summed E-state index contributed by atoms with van der Waals surface area (Å²) >= 11 is 1.39. The van der Waals surface area contributed by atoms with Crippen LogP contribution in [0.3, 0.4) is 0 Å². The maximum Gasteiger partial charge on any atom is 0.260 e. The second-order valence-corrected chi connectivity index (χ2v) is 11.9. The van der Waals surface area contributed by atoms with Gasteiger partial charge < -0.3 is 14.4 Å². The van der Waals surface area contributed by atoms with Crippen LogP contribution in [0.1, 0.15) is 29.6 Å². The third-order valence-electron chi connectivity index (χ3n) is 6.18. The molecule has 1 aliphatic heterocycles. The molecule has 0 saturated carbocycles. The van der Waals surface area contributed by atoms with Gasteiger partial charge in [-0.1, -0.05) is 17.8 Å². The van der Waals surface area contributed by atoms with Crippen molar-refractivity contribution in [1.29, 1.82) is 0 Å². The van der Waals surface area contributed by atoms with E-state index < -0.39 is 10.0 Å². The van der Waals surface area contributed by atoms with E-state index in [-0.39, 0.29) is 10.8 Å². The predicted molar refractivity (Wildman–Crippen MR) is 142 cm³/mol. The van der Waals surface area contributed by atoms with Crippen molar-refractivity contribution in [3.63, 3.8) is 0 Å². The molecular formula is C25H32N4O5S2. The van der Waals surface area contributed by atoms with Crippen LogP contribution in [-0.4, -0.2) is 83.0 Å². The zero-order chi connectivity index (χ0) is 25.9. The van der Waals surface area contributed by atoms with Crippen LogP contribution in [-0.2, 0) is 10.0 Å². The number of sulfonamides is 1. The molecule has 0 spiro atoms. The highest BCUT2D eigenvalue weighted by atomic mass is 32.2. The second kappa shape index (κ2) is 11.1. The number of ether oxygens (including phenoxy) is 2. The molecule has 9 nitrogen and oxygen atoms in total. The van der Waals surface area contributed by atoms with Crippen molar-refractivity contribution in [3.8, 4) is 11.5 Å². The molecule has 4 rings (SSSR count). The average molecular weight is 533 g/mol. The molecule has 1 aromatic heterocycles. The number of anilines is 1. The molecule has 0 atom stereocenters. The Kier molecular flexibility index (Phi) is 8.13. The first-order chi connectivity index (χ1) is 17.2. The lowest BCUT2D eigenvalue weighted by Crippen LogP contribution is -2.37. The lowest BCUT2D eigenvalue weighted by atomic mass is 10.2. The van der Waals surface area contributed by atoms with Crippen molar-refractivity contribution in [1.82, 2.24) is 14.2 Å². The fraction of sp³-hybridized carbons (Fsp3) is 0.440. The van der Waals surface area contributed by atoms with Crippen LogP contribution < -0.4 is 14.4 Å². The summed E-state index contributed by atoms with van der Waals surface area (Å²) in [5.41, 5.74) is 1.11. The number of benzene rings is 2. The minimum absolute atomic E-state index is 0.208. The fourth-order valence-corrected chi connectivity index (χ4v) is 6.64. The molecule has 1 amide bonds. The Morgan fingerprint density at radius 3 is 2.25 bits per heavy atom. The zero-order valence-electron chi connectivity index (χ0n) is 21.1. The van der Waals surface area contributed by atoms with Gasteiger partial charge in [-0.3, -0.25) is 9.69 Å². The van der Waals surface area contributed by atoms with Crippen molar-refractivity contribution in [2.75, 3.05) is 59.4 Å². The Balaban J connectivity index is 1.64. The number of rotatable bonds is 9. The van der Waals surface area contributed by atoms with E-state index >= 15 is 0 Å². The van der Waals surface area contributed by atoms with Crippen LogP contribution in [0.4, 0.5) is 5.13 Å². The molecule has 2 heterocycles. The Morgan fingerprint density at radius 1 is 1.00 bits per heavy atom. The van der Waals surface area contributed by atoms with Crippen LogP contribution in [0.25, 0.3) is 10.2 Å². The number of thiazole rings is 1. The molecule has 2 aromatic carbocycles. The average Bonchev–Trinajstić information content (AvgIpc) is 3.30. The van der Waals surface area contributed by atoms with E-state index in [0.29, 0.717) is 53.9 Å². The molecule has 194 valence electrons. The molecule has 1 saturated heterocycles. The molecule has 1 aliphatic rings. The molecule has 1 fully saturated rings. The van der Waals surface area contributed by atoms with E-state index in [1.807, 2.05) is 25.1 Å². The summed E-state index contributed by atoms with van der Waals surface area (Å²) < 4.78 is 39.2. The van der Waals surface area contributed by atoms with Gasteiger partial charge in [-0.2, -0.15) is 4.31 Å². The van der Waals surface area contributed by atoms with Crippen molar-refractivity contribution < 1.29 is 22.7 Å². The number of carbonyl (C=O) groups is 1. The zero-order valence-corrected chi connectivity index (χ0v) is 22.7. The lowest BCUT2D eigenvalue weighted by Gasteiger charge is -2.26. The Morgan fingerprint density at radius 2 is 1.64 bits per heavy atom. The van der Waals surface area contributed by atoms with Crippen LogP contribution in [0, 0.1) is 0 Å². The molecular weight excluding hydrogens is 500 g/mol. The monoisotopic (exact) mass is 532 g/mol. The van der Waals surface area contributed by atoms with E-state index in [4.69, 9.17) is 14.5 Å². The highest BCUT2D eigenvalue weighted by Gasteiger charge is 2.27. The van der Waals surface area contributed by atoms with Gasteiger partial charge in [0, 0.05) is 43.9 Å². The largest absolute Gasteiger partial charge is 0.493 e. The van der Waals surface area contributed by atoms with Gasteiger partial charge in [-0.05, 0) is 51.2 Å². The molecule has 3 aromatic rings. The smallest absolute Gasteiger partial charge is 0.260 e. The SMILES string of the molecule is COc1cc2nc(N(CCN(C)C)C(=O)c3ccc(S(=O)(=O)N4CCCCC4)cc3)sc2cc1OC. The standard InChI is InChI=1S/C25H32N4O5S2/c1-27(2)14-15-29(25-26-20-16-21(33-3)22(34-4)17-23(20)35-25)24(30)18-8-10-19(11-9-18)36(31,32)28-12-6-5-7-13-28/h8-11,16-17H,5-7,12-15H2,1-4H3. The third kappa shape index (κ3) is 5.49. The van der Waals surface area contributed by atoms with E-state index in [9.17, 15) is 13.2 Å². The number of carbonyl (C=O) groups excluding carboxylic acids is 1. The number of aromatic nitrogens is 1. The van der Waals surface area contributed by atoms with Gasteiger partial charge in [0.15, 0.2) is 16.6 Å². The number of likely N-dealkylation sites (N-methyl/N-ethyl adjacent to an activating group) is 1. The third-order valence-corrected chi connectivity index (χ3v) is 9.14. The molecule has 11 heteroatoms. The van der Waals surface area contributed by atoms with Crippen molar-refractivity contribution >= 4 is 42.6 Å². The van der Waals surface area contributed by atoms with Crippen LogP contribution in [0.15, 0.2) is 41.3 Å². The highest BCUT2D eigenvalue weighted by Crippen LogP contribution is 2.37. The van der Waals surface area contributed by atoms with Gasteiger partial charge >= 0.3 is 0 Å². The quantitative estimate of drug-likeness (QED) is 0.415. The number of nitrogens with zero attached hydrogens (tertiary/aromatic N) is 4. The van der Waals surface area contributed by atoms with E-state index in [1.54, 1.807) is 37.3 Å².